The number of furan rings is 1. The summed E-state index contributed by atoms with van der Waals surface area (Å²) < 4.78 is 32.7. The number of carbonyl (C=O) groups excluding carboxylic acids is 5. The molecular weight excluding hydrogens is 504 g/mol. The number of hydrogen-bond donors (Lipinski definition) is 2. The van der Waals surface area contributed by atoms with Gasteiger partial charge in [-0.15, -0.1) is 0 Å². The first-order valence-corrected chi connectivity index (χ1v) is 11.6. The van der Waals surface area contributed by atoms with Crippen molar-refractivity contribution in [2.24, 2.45) is 10.9 Å². The number of amides is 3. The lowest BCUT2D eigenvalue weighted by Crippen LogP contribution is -2.74. The molecule has 3 heterocycles. The van der Waals surface area contributed by atoms with Crippen LogP contribution in [0.2, 0.25) is 0 Å². The van der Waals surface area contributed by atoms with Crippen LogP contribution < -0.4 is 11.1 Å². The van der Waals surface area contributed by atoms with Gasteiger partial charge in [0.25, 0.3) is 11.8 Å². The van der Waals surface area contributed by atoms with Crippen molar-refractivity contribution in [1.82, 2.24) is 10.2 Å². The van der Waals surface area contributed by atoms with Crippen molar-refractivity contribution in [2.75, 3.05) is 19.5 Å². The van der Waals surface area contributed by atoms with Crippen LogP contribution in [0, 0.1) is 0 Å². The molecule has 36 heavy (non-hydrogen) atoms. The number of primary amides is 1. The lowest BCUT2D eigenvalue weighted by Gasteiger charge is -2.49. The highest BCUT2D eigenvalue weighted by molar-refractivity contribution is 7.86. The molecule has 2 aliphatic heterocycles. The predicted molar refractivity (Wildman–Crippen MR) is 118 cm³/mol. The number of nitrogens with zero attached hydrogens (tertiary/aromatic N) is 2. The van der Waals surface area contributed by atoms with Gasteiger partial charge in [-0.25, -0.2) is 9.59 Å². The molecule has 0 saturated carbocycles. The highest BCUT2D eigenvalue weighted by Crippen LogP contribution is 2.35. The summed E-state index contributed by atoms with van der Waals surface area (Å²) in [6, 6.07) is 1.65. The summed E-state index contributed by atoms with van der Waals surface area (Å²) >= 11 is 0. The van der Waals surface area contributed by atoms with Crippen LogP contribution in [0.15, 0.2) is 39.2 Å². The Labute approximate surface area is 205 Å². The Bertz CT molecular complexity index is 1160. The zero-order chi connectivity index (χ0) is 26.6. The van der Waals surface area contributed by atoms with Gasteiger partial charge in [-0.2, -0.15) is 0 Å². The van der Waals surface area contributed by atoms with E-state index in [0.717, 1.165) is 11.8 Å². The van der Waals surface area contributed by atoms with Crippen molar-refractivity contribution < 1.29 is 51.6 Å². The minimum Gasteiger partial charge on any atom is -0.462 e. The van der Waals surface area contributed by atoms with Gasteiger partial charge in [0.1, 0.15) is 30.8 Å². The highest BCUT2D eigenvalue weighted by atomic mass is 32.2. The number of β-lactam (4-membered cyclic amide) rings is 1. The molecule has 3 N–H and O–H groups in total. The van der Waals surface area contributed by atoms with Gasteiger partial charge < -0.3 is 34.5 Å². The second-order valence-corrected chi connectivity index (χ2v) is 8.85. The number of carbonyl (C=O) groups is 5. The van der Waals surface area contributed by atoms with E-state index in [1.54, 1.807) is 0 Å². The van der Waals surface area contributed by atoms with Crippen molar-refractivity contribution in [3.63, 3.8) is 0 Å². The lowest BCUT2D eigenvalue weighted by molar-refractivity contribution is -0.182. The fourth-order valence-electron chi connectivity index (χ4n) is 3.49. The SMILES string of the molecule is CO/N=C(\C(=O)N[C@@H]1C(=O)N2C(C(=O)OC(C)OC(C)=O)=C(COC(N)=O)CS(=O)[C@H]12)c1ccco1. The Morgan fingerprint density at radius 3 is 2.64 bits per heavy atom. The first-order valence-electron chi connectivity index (χ1n) is 10.2. The molecule has 0 aromatic carbocycles. The average Bonchev–Trinajstić information content (AvgIpc) is 3.32. The molecule has 2 unspecified atom stereocenters. The first-order chi connectivity index (χ1) is 17.0. The van der Waals surface area contributed by atoms with Crippen LogP contribution in [-0.4, -0.2) is 81.8 Å². The monoisotopic (exact) mass is 526 g/mol. The molecule has 0 spiro atoms. The van der Waals surface area contributed by atoms with E-state index in [9.17, 15) is 28.2 Å². The molecule has 1 saturated heterocycles. The Kier molecular flexibility index (Phi) is 8.08. The summed E-state index contributed by atoms with van der Waals surface area (Å²) in [5.74, 6) is -3.75. The number of nitrogens with one attached hydrogen (secondary N) is 1. The van der Waals surface area contributed by atoms with Crippen LogP contribution in [0.4, 0.5) is 4.79 Å². The van der Waals surface area contributed by atoms with Gasteiger partial charge in [0.15, 0.2) is 5.76 Å². The summed E-state index contributed by atoms with van der Waals surface area (Å²) in [7, 11) is -0.634. The average molecular weight is 526 g/mol. The third-order valence-corrected chi connectivity index (χ3v) is 6.49. The summed E-state index contributed by atoms with van der Waals surface area (Å²) in [5, 5.41) is 4.86. The second kappa shape index (κ2) is 11.0. The number of ether oxygens (including phenoxy) is 3. The quantitative estimate of drug-likeness (QED) is 0.129. The zero-order valence-corrected chi connectivity index (χ0v) is 20.1. The fraction of sp³-hybridized carbons (Fsp3) is 0.400. The number of fused-ring (bicyclic) bond motifs is 1. The molecule has 1 fully saturated rings. The summed E-state index contributed by atoms with van der Waals surface area (Å²) in [6.07, 6.45) is -1.19. The molecule has 2 aliphatic rings. The maximum Gasteiger partial charge on any atom is 0.404 e. The zero-order valence-electron chi connectivity index (χ0n) is 19.2. The van der Waals surface area contributed by atoms with Crippen molar-refractivity contribution in [3.05, 3.63) is 35.4 Å². The highest BCUT2D eigenvalue weighted by Gasteiger charge is 2.58. The number of oxime groups is 1. The Morgan fingerprint density at radius 2 is 2.06 bits per heavy atom. The van der Waals surface area contributed by atoms with E-state index in [0.29, 0.717) is 0 Å². The standard InChI is InChI=1S/C20H22N4O11S/c1-9(25)34-10(2)35-19(28)15-11(7-33-20(21)29)8-36(30)18-14(17(27)24(15)18)22-16(26)13(23-31-3)12-5-4-6-32-12/h4-6,10,14,18H,7-8H2,1-3H3,(H2,21,29)(H,22,26)/b23-13-/t10?,14-,18-,36?/m1/s1. The first kappa shape index (κ1) is 26.4. The van der Waals surface area contributed by atoms with Gasteiger partial charge in [-0.3, -0.25) is 23.5 Å². The molecule has 3 amide bonds. The van der Waals surface area contributed by atoms with Crippen LogP contribution in [0.5, 0.6) is 0 Å². The molecule has 16 heteroatoms. The second-order valence-electron chi connectivity index (χ2n) is 7.32. The van der Waals surface area contributed by atoms with Gasteiger partial charge in [0, 0.05) is 19.4 Å². The van der Waals surface area contributed by atoms with E-state index in [-0.39, 0.29) is 28.5 Å². The van der Waals surface area contributed by atoms with Gasteiger partial charge in [0.05, 0.1) is 22.8 Å². The Balaban J connectivity index is 1.87. The van der Waals surface area contributed by atoms with Crippen LogP contribution >= 0.6 is 0 Å². The number of hydrogen-bond acceptors (Lipinski definition) is 12. The van der Waals surface area contributed by atoms with Crippen molar-refractivity contribution in [2.45, 2.75) is 31.6 Å². The maximum atomic E-state index is 13.0. The third kappa shape index (κ3) is 5.54. The molecule has 4 atom stereocenters. The van der Waals surface area contributed by atoms with Crippen molar-refractivity contribution in [3.8, 4) is 0 Å². The topological polar surface area (TPSA) is 206 Å². The molecule has 1 aromatic heterocycles. The van der Waals surface area contributed by atoms with E-state index < -0.39 is 65.0 Å². The van der Waals surface area contributed by atoms with Crippen molar-refractivity contribution in [1.29, 1.82) is 0 Å². The molecule has 0 radical (unpaired) electrons. The number of nitrogens with two attached hydrogens (primary N) is 1. The molecule has 1 aromatic rings. The Morgan fingerprint density at radius 1 is 1.33 bits per heavy atom. The van der Waals surface area contributed by atoms with E-state index in [4.69, 9.17) is 24.4 Å². The normalized spacial score (nSPS) is 22.1. The molecule has 15 nitrogen and oxygen atoms in total. The van der Waals surface area contributed by atoms with Gasteiger partial charge in [-0.05, 0) is 12.1 Å². The number of esters is 2. The van der Waals surface area contributed by atoms with Crippen LogP contribution in [0.3, 0.4) is 0 Å². The predicted octanol–water partition coefficient (Wildman–Crippen LogP) is -1.15. The van der Waals surface area contributed by atoms with Crippen LogP contribution in [0.1, 0.15) is 19.6 Å². The molecular formula is C20H22N4O11S. The maximum absolute atomic E-state index is 13.0. The van der Waals surface area contributed by atoms with Gasteiger partial charge in [0.2, 0.25) is 12.0 Å². The largest absolute Gasteiger partial charge is 0.462 e. The Hall–Kier alpha value is -4.21. The van der Waals surface area contributed by atoms with E-state index >= 15 is 0 Å². The molecule has 194 valence electrons. The number of rotatable bonds is 9. The van der Waals surface area contributed by atoms with E-state index in [2.05, 4.69) is 15.3 Å². The van der Waals surface area contributed by atoms with E-state index in [1.807, 2.05) is 0 Å². The van der Waals surface area contributed by atoms with Crippen LogP contribution in [-0.2, 0) is 49.0 Å². The van der Waals surface area contributed by atoms with Gasteiger partial charge >= 0.3 is 18.0 Å². The minimum absolute atomic E-state index is 0.0150. The molecule has 0 aliphatic carbocycles. The third-order valence-electron chi connectivity index (χ3n) is 4.83. The van der Waals surface area contributed by atoms with E-state index in [1.165, 1.54) is 32.4 Å². The van der Waals surface area contributed by atoms with Crippen LogP contribution in [0.25, 0.3) is 0 Å². The lowest BCUT2D eigenvalue weighted by atomic mass is 10.0. The van der Waals surface area contributed by atoms with Crippen molar-refractivity contribution >= 4 is 46.4 Å². The summed E-state index contributed by atoms with van der Waals surface area (Å²) in [5.41, 5.74) is 4.32. The minimum atomic E-state index is -1.84. The molecule has 0 bridgehead atoms. The summed E-state index contributed by atoms with van der Waals surface area (Å²) in [6.45, 7) is 1.82. The smallest absolute Gasteiger partial charge is 0.404 e. The fourth-order valence-corrected chi connectivity index (χ4v) is 5.15. The van der Waals surface area contributed by atoms with Gasteiger partial charge in [-0.1, -0.05) is 5.16 Å². The molecule has 3 rings (SSSR count). The summed E-state index contributed by atoms with van der Waals surface area (Å²) in [4.78, 5) is 66.5.